The first-order valence-corrected chi connectivity index (χ1v) is 10.9. The van der Waals surface area contributed by atoms with E-state index in [1.807, 2.05) is 48.5 Å². The second-order valence-electron chi connectivity index (χ2n) is 7.79. The first-order chi connectivity index (χ1) is 15.6. The average molecular weight is 451 g/mol. The van der Waals surface area contributed by atoms with Gasteiger partial charge in [-0.15, -0.1) is 0 Å². The molecule has 7 nitrogen and oxygen atoms in total. The first-order valence-electron chi connectivity index (χ1n) is 10.5. The minimum atomic E-state index is -0.0863. The van der Waals surface area contributed by atoms with Gasteiger partial charge in [0, 0.05) is 49.2 Å². The number of benzene rings is 2. The highest BCUT2D eigenvalue weighted by Crippen LogP contribution is 2.36. The highest BCUT2D eigenvalue weighted by molar-refractivity contribution is 6.30. The number of methoxy groups -OCH3 is 1. The topological polar surface area (TPSA) is 70.8 Å². The fourth-order valence-corrected chi connectivity index (χ4v) is 4.21. The van der Waals surface area contributed by atoms with Crippen molar-refractivity contribution in [2.24, 2.45) is 0 Å². The lowest BCUT2D eigenvalue weighted by molar-refractivity contribution is -0.117. The summed E-state index contributed by atoms with van der Waals surface area (Å²) in [6.07, 6.45) is 1.66. The van der Waals surface area contributed by atoms with Crippen molar-refractivity contribution in [1.29, 1.82) is 0 Å². The SMILES string of the molecule is COc1cc2c(cc1NC(=O)CN1CCN(c3ccc(Cl)cn3)CC1)oc1ccccc12. The van der Waals surface area contributed by atoms with Gasteiger partial charge in [0.15, 0.2) is 0 Å². The largest absolute Gasteiger partial charge is 0.495 e. The molecule has 32 heavy (non-hydrogen) atoms. The Morgan fingerprint density at radius 2 is 1.91 bits per heavy atom. The normalized spacial score (nSPS) is 14.8. The van der Waals surface area contributed by atoms with E-state index in [0.717, 1.165) is 48.4 Å². The Labute approximate surface area is 190 Å². The number of anilines is 2. The summed E-state index contributed by atoms with van der Waals surface area (Å²) in [5, 5.41) is 5.59. The van der Waals surface area contributed by atoms with Gasteiger partial charge in [-0.05, 0) is 24.3 Å². The van der Waals surface area contributed by atoms with Crippen LogP contribution in [0.2, 0.25) is 5.02 Å². The molecule has 0 bridgehead atoms. The molecule has 0 spiro atoms. The Morgan fingerprint density at radius 1 is 1.09 bits per heavy atom. The highest BCUT2D eigenvalue weighted by atomic mass is 35.5. The number of furan rings is 1. The van der Waals surface area contributed by atoms with Gasteiger partial charge in [-0.1, -0.05) is 29.8 Å². The van der Waals surface area contributed by atoms with E-state index in [2.05, 4.69) is 20.1 Å². The number of carbonyl (C=O) groups excluding carboxylic acids is 1. The van der Waals surface area contributed by atoms with E-state index in [0.29, 0.717) is 28.6 Å². The third kappa shape index (κ3) is 4.09. The summed E-state index contributed by atoms with van der Waals surface area (Å²) in [4.78, 5) is 21.5. The van der Waals surface area contributed by atoms with Gasteiger partial charge in [0.05, 0.1) is 24.4 Å². The Morgan fingerprint density at radius 3 is 2.66 bits per heavy atom. The molecule has 0 aliphatic carbocycles. The van der Waals surface area contributed by atoms with E-state index in [1.165, 1.54) is 0 Å². The quantitative estimate of drug-likeness (QED) is 0.486. The number of hydrogen-bond donors (Lipinski definition) is 1. The van der Waals surface area contributed by atoms with Gasteiger partial charge < -0.3 is 19.4 Å². The van der Waals surface area contributed by atoms with Crippen LogP contribution in [-0.2, 0) is 4.79 Å². The molecule has 1 N–H and O–H groups in total. The summed E-state index contributed by atoms with van der Waals surface area (Å²) in [6.45, 7) is 3.46. The molecule has 0 saturated carbocycles. The molecule has 8 heteroatoms. The van der Waals surface area contributed by atoms with Gasteiger partial charge in [-0.25, -0.2) is 4.98 Å². The molecule has 2 aromatic heterocycles. The Balaban J connectivity index is 1.25. The van der Waals surface area contributed by atoms with Crippen LogP contribution < -0.4 is 15.0 Å². The van der Waals surface area contributed by atoms with Crippen molar-refractivity contribution < 1.29 is 13.9 Å². The van der Waals surface area contributed by atoms with Gasteiger partial charge in [0.25, 0.3) is 0 Å². The number of halogens is 1. The predicted molar refractivity (Wildman–Crippen MR) is 127 cm³/mol. The van der Waals surface area contributed by atoms with E-state index in [1.54, 1.807) is 13.3 Å². The maximum atomic E-state index is 12.8. The van der Waals surface area contributed by atoms with Gasteiger partial charge in [-0.2, -0.15) is 0 Å². The smallest absolute Gasteiger partial charge is 0.238 e. The molecule has 2 aromatic carbocycles. The summed E-state index contributed by atoms with van der Waals surface area (Å²) in [7, 11) is 1.60. The number of piperazine rings is 1. The van der Waals surface area contributed by atoms with Crippen molar-refractivity contribution in [3.05, 3.63) is 59.8 Å². The van der Waals surface area contributed by atoms with Crippen LogP contribution >= 0.6 is 11.6 Å². The number of carbonyl (C=O) groups is 1. The minimum absolute atomic E-state index is 0.0863. The van der Waals surface area contributed by atoms with E-state index in [4.69, 9.17) is 20.8 Å². The van der Waals surface area contributed by atoms with Gasteiger partial charge in [0.2, 0.25) is 5.91 Å². The summed E-state index contributed by atoms with van der Waals surface area (Å²) < 4.78 is 11.5. The van der Waals surface area contributed by atoms with E-state index in [-0.39, 0.29) is 5.91 Å². The van der Waals surface area contributed by atoms with E-state index in [9.17, 15) is 4.79 Å². The van der Waals surface area contributed by atoms with Crippen LogP contribution in [0, 0.1) is 0 Å². The molecule has 5 rings (SSSR count). The number of fused-ring (bicyclic) bond motifs is 3. The van der Waals surface area contributed by atoms with Crippen LogP contribution in [0.15, 0.2) is 59.1 Å². The molecule has 1 aliphatic rings. The van der Waals surface area contributed by atoms with E-state index < -0.39 is 0 Å². The zero-order chi connectivity index (χ0) is 22.1. The van der Waals surface area contributed by atoms with Crippen molar-refractivity contribution >= 4 is 51.0 Å². The zero-order valence-electron chi connectivity index (χ0n) is 17.7. The number of aromatic nitrogens is 1. The maximum absolute atomic E-state index is 12.8. The van der Waals surface area contributed by atoms with Crippen LogP contribution in [0.4, 0.5) is 11.5 Å². The lowest BCUT2D eigenvalue weighted by Crippen LogP contribution is -2.48. The predicted octanol–water partition coefficient (Wildman–Crippen LogP) is 4.40. The highest BCUT2D eigenvalue weighted by Gasteiger charge is 2.21. The monoisotopic (exact) mass is 450 g/mol. The van der Waals surface area contributed by atoms with Crippen LogP contribution in [-0.4, -0.2) is 55.6 Å². The zero-order valence-corrected chi connectivity index (χ0v) is 18.4. The molecule has 3 heterocycles. The van der Waals surface area contributed by atoms with Crippen LogP contribution in [0.5, 0.6) is 5.75 Å². The molecule has 1 amide bonds. The molecular weight excluding hydrogens is 428 g/mol. The molecule has 1 saturated heterocycles. The van der Waals surface area contributed by atoms with Crippen LogP contribution in [0.1, 0.15) is 0 Å². The van der Waals surface area contributed by atoms with Crippen LogP contribution in [0.3, 0.4) is 0 Å². The van der Waals surface area contributed by atoms with Crippen LogP contribution in [0.25, 0.3) is 21.9 Å². The Kier molecular flexibility index (Phi) is 5.59. The second-order valence-corrected chi connectivity index (χ2v) is 8.23. The molecule has 0 unspecified atom stereocenters. The number of amides is 1. The summed E-state index contributed by atoms with van der Waals surface area (Å²) in [5.41, 5.74) is 2.13. The van der Waals surface area contributed by atoms with Gasteiger partial charge >= 0.3 is 0 Å². The third-order valence-electron chi connectivity index (χ3n) is 5.75. The summed E-state index contributed by atoms with van der Waals surface area (Å²) >= 11 is 5.92. The second kappa shape index (κ2) is 8.68. The standard InChI is InChI=1S/C24H23ClN4O3/c1-31-22-12-18-17-4-2-3-5-20(17)32-21(18)13-19(22)27-24(30)15-28-8-10-29(11-9-28)23-7-6-16(25)14-26-23/h2-7,12-14H,8-11,15H2,1H3,(H,27,30). The maximum Gasteiger partial charge on any atom is 0.238 e. The number of nitrogens with zero attached hydrogens (tertiary/aromatic N) is 3. The Hall–Kier alpha value is -3.29. The fraction of sp³-hybridized carbons (Fsp3) is 0.250. The molecular formula is C24H23ClN4O3. The number of para-hydroxylation sites is 1. The number of hydrogen-bond acceptors (Lipinski definition) is 6. The van der Waals surface area contributed by atoms with Crippen molar-refractivity contribution in [3.8, 4) is 5.75 Å². The molecule has 4 aromatic rings. The lowest BCUT2D eigenvalue weighted by Gasteiger charge is -2.35. The number of ether oxygens (including phenoxy) is 1. The van der Waals surface area contributed by atoms with Crippen molar-refractivity contribution in [2.45, 2.75) is 0 Å². The molecule has 0 radical (unpaired) electrons. The molecule has 0 atom stereocenters. The number of rotatable bonds is 5. The third-order valence-corrected chi connectivity index (χ3v) is 5.97. The summed E-state index contributed by atoms with van der Waals surface area (Å²) in [5.74, 6) is 1.43. The van der Waals surface area contributed by atoms with Gasteiger partial charge in [0.1, 0.15) is 22.7 Å². The van der Waals surface area contributed by atoms with Gasteiger partial charge in [-0.3, -0.25) is 9.69 Å². The molecule has 164 valence electrons. The molecule has 1 fully saturated rings. The van der Waals surface area contributed by atoms with E-state index >= 15 is 0 Å². The van der Waals surface area contributed by atoms with Crippen molar-refractivity contribution in [3.63, 3.8) is 0 Å². The number of pyridine rings is 1. The lowest BCUT2D eigenvalue weighted by atomic mass is 10.1. The minimum Gasteiger partial charge on any atom is -0.495 e. The average Bonchev–Trinajstić information content (AvgIpc) is 3.17. The number of nitrogens with one attached hydrogen (secondary N) is 1. The molecule has 1 aliphatic heterocycles. The van der Waals surface area contributed by atoms with Crippen molar-refractivity contribution in [1.82, 2.24) is 9.88 Å². The first kappa shape index (κ1) is 20.6. The van der Waals surface area contributed by atoms with Crippen molar-refractivity contribution in [2.75, 3.05) is 50.1 Å². The Bertz CT molecular complexity index is 1260. The fourth-order valence-electron chi connectivity index (χ4n) is 4.10. The summed E-state index contributed by atoms with van der Waals surface area (Å²) in [6, 6.07) is 15.4.